The smallest absolute Gasteiger partial charge is 0.208 e. The van der Waals surface area contributed by atoms with Crippen LogP contribution in [0.25, 0.3) is 0 Å². The van der Waals surface area contributed by atoms with Crippen LogP contribution in [0.3, 0.4) is 0 Å². The van der Waals surface area contributed by atoms with Gasteiger partial charge in [0.25, 0.3) is 0 Å². The van der Waals surface area contributed by atoms with Gasteiger partial charge in [-0.3, -0.25) is 0 Å². The molecular formula is C19H33NO2S. The van der Waals surface area contributed by atoms with Gasteiger partial charge in [0, 0.05) is 6.04 Å². The molecule has 0 fully saturated rings. The summed E-state index contributed by atoms with van der Waals surface area (Å²) in [5, 5.41) is 0. The third kappa shape index (κ3) is 4.80. The highest BCUT2D eigenvalue weighted by Crippen LogP contribution is 2.35. The van der Waals surface area contributed by atoms with Gasteiger partial charge in [0.2, 0.25) is 10.0 Å². The molecule has 0 saturated carbocycles. The fourth-order valence-electron chi connectivity index (χ4n) is 2.61. The molecule has 3 nitrogen and oxygen atoms in total. The molecule has 0 aromatic heterocycles. The van der Waals surface area contributed by atoms with Crippen molar-refractivity contribution in [3.05, 3.63) is 28.8 Å². The molecule has 0 aliphatic rings. The summed E-state index contributed by atoms with van der Waals surface area (Å²) in [6, 6.07) is 4.09. The third-order valence-corrected chi connectivity index (χ3v) is 6.04. The van der Waals surface area contributed by atoms with Crippen molar-refractivity contribution in [3.8, 4) is 0 Å². The average molecular weight is 340 g/mol. The van der Waals surface area contributed by atoms with E-state index in [1.807, 2.05) is 13.8 Å². The quantitative estimate of drug-likeness (QED) is 0.748. The van der Waals surface area contributed by atoms with E-state index in [1.54, 1.807) is 0 Å². The van der Waals surface area contributed by atoms with E-state index in [2.05, 4.69) is 58.4 Å². The van der Waals surface area contributed by atoms with Gasteiger partial charge in [-0.25, -0.2) is 13.1 Å². The van der Waals surface area contributed by atoms with Crippen LogP contribution in [-0.2, 0) is 10.0 Å². The topological polar surface area (TPSA) is 46.2 Å². The summed E-state index contributed by atoms with van der Waals surface area (Å²) in [5.74, 6) is 0.702. The second-order valence-electron chi connectivity index (χ2n) is 7.42. The van der Waals surface area contributed by atoms with Crippen LogP contribution in [0.4, 0.5) is 0 Å². The van der Waals surface area contributed by atoms with Gasteiger partial charge < -0.3 is 0 Å². The molecule has 23 heavy (non-hydrogen) atoms. The molecule has 0 aliphatic heterocycles. The van der Waals surface area contributed by atoms with Crippen LogP contribution in [0.1, 0.15) is 96.3 Å². The van der Waals surface area contributed by atoms with E-state index in [9.17, 15) is 8.42 Å². The van der Waals surface area contributed by atoms with Gasteiger partial charge in [-0.2, -0.15) is 0 Å². The molecule has 0 radical (unpaired) electrons. The van der Waals surface area contributed by atoms with E-state index in [0.29, 0.717) is 10.8 Å². The van der Waals surface area contributed by atoms with Gasteiger partial charge in [0.1, 0.15) is 0 Å². The van der Waals surface area contributed by atoms with E-state index in [-0.39, 0.29) is 17.9 Å². The Morgan fingerprint density at radius 1 is 0.870 bits per heavy atom. The number of nitrogens with one attached hydrogen (secondary N) is 1. The molecule has 1 unspecified atom stereocenters. The van der Waals surface area contributed by atoms with Gasteiger partial charge >= 0.3 is 0 Å². The molecule has 4 heteroatoms. The molecular weight excluding hydrogens is 306 g/mol. The lowest BCUT2D eigenvalue weighted by Gasteiger charge is -2.24. The van der Waals surface area contributed by atoms with Crippen molar-refractivity contribution in [2.45, 2.75) is 90.5 Å². The Balaban J connectivity index is 3.68. The predicted molar refractivity (Wildman–Crippen MR) is 98.8 cm³/mol. The Morgan fingerprint density at radius 3 is 1.61 bits per heavy atom. The molecule has 132 valence electrons. The lowest BCUT2D eigenvalue weighted by atomic mass is 9.89. The van der Waals surface area contributed by atoms with Crippen molar-refractivity contribution in [1.82, 2.24) is 4.72 Å². The zero-order valence-electron chi connectivity index (χ0n) is 15.9. The van der Waals surface area contributed by atoms with Gasteiger partial charge in [-0.15, -0.1) is 0 Å². The first-order valence-electron chi connectivity index (χ1n) is 8.71. The molecule has 0 amide bonds. The summed E-state index contributed by atoms with van der Waals surface area (Å²) in [7, 11) is -3.52. The van der Waals surface area contributed by atoms with Crippen LogP contribution in [0.15, 0.2) is 17.0 Å². The highest BCUT2D eigenvalue weighted by Gasteiger charge is 2.27. The van der Waals surface area contributed by atoms with Crippen LogP contribution in [0.2, 0.25) is 0 Å². The maximum atomic E-state index is 13.0. The molecule has 0 heterocycles. The van der Waals surface area contributed by atoms with Crippen molar-refractivity contribution >= 4 is 10.0 Å². The van der Waals surface area contributed by atoms with Crippen LogP contribution < -0.4 is 4.72 Å². The molecule has 0 spiro atoms. The van der Waals surface area contributed by atoms with E-state index in [4.69, 9.17) is 0 Å². The maximum absolute atomic E-state index is 13.0. The fraction of sp³-hybridized carbons (Fsp3) is 0.684. The fourth-order valence-corrected chi connectivity index (χ4v) is 4.63. The maximum Gasteiger partial charge on any atom is 0.241 e. The largest absolute Gasteiger partial charge is 0.241 e. The first kappa shape index (κ1) is 20.2. The molecule has 0 bridgehead atoms. The van der Waals surface area contributed by atoms with Gasteiger partial charge in [-0.05, 0) is 47.8 Å². The Morgan fingerprint density at radius 2 is 1.30 bits per heavy atom. The highest BCUT2D eigenvalue weighted by atomic mass is 32.2. The second kappa shape index (κ2) is 7.80. The monoisotopic (exact) mass is 339 g/mol. The van der Waals surface area contributed by atoms with E-state index < -0.39 is 10.0 Å². The first-order valence-corrected chi connectivity index (χ1v) is 10.2. The predicted octanol–water partition coefficient (Wildman–Crippen LogP) is 5.13. The lowest BCUT2D eigenvalue weighted by Crippen LogP contribution is -2.33. The summed E-state index contributed by atoms with van der Waals surface area (Å²) in [6.45, 7) is 16.4. The Bertz CT molecular complexity index is 602. The summed E-state index contributed by atoms with van der Waals surface area (Å²) in [6.07, 6.45) is 0.775. The first-order chi connectivity index (χ1) is 10.5. The van der Waals surface area contributed by atoms with Crippen LogP contribution in [0.5, 0.6) is 0 Å². The van der Waals surface area contributed by atoms with Crippen molar-refractivity contribution in [2.75, 3.05) is 0 Å². The summed E-state index contributed by atoms with van der Waals surface area (Å²) >= 11 is 0. The van der Waals surface area contributed by atoms with Crippen LogP contribution in [-0.4, -0.2) is 14.5 Å². The second-order valence-corrected chi connectivity index (χ2v) is 9.07. The average Bonchev–Trinajstić information content (AvgIpc) is 2.44. The Kier molecular flexibility index (Phi) is 6.84. The number of hydrogen-bond acceptors (Lipinski definition) is 2. The molecule has 0 aliphatic carbocycles. The van der Waals surface area contributed by atoms with E-state index in [0.717, 1.165) is 17.5 Å². The minimum absolute atomic E-state index is 0.0650. The minimum atomic E-state index is -3.52. The van der Waals surface area contributed by atoms with Gasteiger partial charge in [0.15, 0.2) is 0 Å². The lowest BCUT2D eigenvalue weighted by molar-refractivity contribution is 0.551. The summed E-state index contributed by atoms with van der Waals surface area (Å²) in [5.41, 5.74) is 3.06. The SMILES string of the molecule is CCC(C)NS(=O)(=O)c1c(C(C)C)cc(C(C)C)cc1C(C)C. The minimum Gasteiger partial charge on any atom is -0.208 e. The number of rotatable bonds is 7. The van der Waals surface area contributed by atoms with Gasteiger partial charge in [0.05, 0.1) is 4.90 Å². The number of hydrogen-bond donors (Lipinski definition) is 1. The van der Waals surface area contributed by atoms with Crippen molar-refractivity contribution < 1.29 is 8.42 Å². The van der Waals surface area contributed by atoms with Crippen molar-refractivity contribution in [2.24, 2.45) is 0 Å². The van der Waals surface area contributed by atoms with Crippen molar-refractivity contribution in [3.63, 3.8) is 0 Å². The third-order valence-electron chi connectivity index (χ3n) is 4.32. The van der Waals surface area contributed by atoms with Crippen molar-refractivity contribution in [1.29, 1.82) is 0 Å². The molecule has 1 rings (SSSR count). The number of benzene rings is 1. The van der Waals surface area contributed by atoms with Crippen LogP contribution in [0, 0.1) is 0 Å². The van der Waals surface area contributed by atoms with E-state index in [1.165, 1.54) is 5.56 Å². The summed E-state index contributed by atoms with van der Waals surface area (Å²) < 4.78 is 28.9. The van der Waals surface area contributed by atoms with Crippen LogP contribution >= 0.6 is 0 Å². The molecule has 1 N–H and O–H groups in total. The molecule has 1 aromatic carbocycles. The Labute approximate surface area is 142 Å². The van der Waals surface area contributed by atoms with E-state index >= 15 is 0 Å². The Hall–Kier alpha value is -0.870. The zero-order valence-corrected chi connectivity index (χ0v) is 16.7. The summed E-state index contributed by atoms with van der Waals surface area (Å²) in [4.78, 5) is 0.493. The normalized spacial score (nSPS) is 14.0. The number of sulfonamides is 1. The standard InChI is InChI=1S/C19H33NO2S/c1-9-15(8)20-23(21,22)19-17(13(4)5)10-16(12(2)3)11-18(19)14(6)7/h10-15,20H,9H2,1-8H3. The highest BCUT2D eigenvalue weighted by molar-refractivity contribution is 7.89. The molecule has 1 aromatic rings. The molecule has 1 atom stereocenters. The van der Waals surface area contributed by atoms with Gasteiger partial charge in [-0.1, -0.05) is 60.6 Å². The zero-order chi connectivity index (χ0) is 17.9. The molecule has 0 saturated heterocycles.